The van der Waals surface area contributed by atoms with Crippen LogP contribution in [0.25, 0.3) is 0 Å². The quantitative estimate of drug-likeness (QED) is 0.656. The van der Waals surface area contributed by atoms with Gasteiger partial charge in [-0.15, -0.1) is 0 Å². The number of hydrogen-bond acceptors (Lipinski definition) is 4. The summed E-state index contributed by atoms with van der Waals surface area (Å²) in [6, 6.07) is 15.3. The Balaban J connectivity index is 1.90. The summed E-state index contributed by atoms with van der Waals surface area (Å²) in [5.41, 5.74) is 8.23. The topological polar surface area (TPSA) is 70.6 Å². The second-order valence-corrected chi connectivity index (χ2v) is 5.56. The van der Waals surface area contributed by atoms with Gasteiger partial charge in [0.15, 0.2) is 6.10 Å². The number of carbonyl (C=O) groups is 1. The fourth-order valence-electron chi connectivity index (χ4n) is 1.76. The maximum atomic E-state index is 10.8. The first kappa shape index (κ1) is 16.3. The summed E-state index contributed by atoms with van der Waals surface area (Å²) in [5.74, 6) is -0.487. The zero-order valence-corrected chi connectivity index (χ0v) is 13.6. The molecule has 0 aliphatic rings. The Labute approximate surface area is 137 Å². The molecule has 0 bridgehead atoms. The SMILES string of the molecule is CC(Oc1ccc(CNNc2ccccc2)cc1Br)C(=O)O. The van der Waals surface area contributed by atoms with Crippen molar-refractivity contribution in [1.29, 1.82) is 0 Å². The third-order valence-corrected chi connectivity index (χ3v) is 3.57. The van der Waals surface area contributed by atoms with Crippen molar-refractivity contribution < 1.29 is 14.6 Å². The van der Waals surface area contributed by atoms with Crippen molar-refractivity contribution in [2.45, 2.75) is 19.6 Å². The second-order valence-electron chi connectivity index (χ2n) is 4.71. The number of nitrogens with one attached hydrogen (secondary N) is 2. The minimum absolute atomic E-state index is 0.509. The van der Waals surface area contributed by atoms with Gasteiger partial charge in [-0.05, 0) is 52.7 Å². The highest BCUT2D eigenvalue weighted by atomic mass is 79.9. The number of hydrazine groups is 1. The van der Waals surface area contributed by atoms with E-state index in [0.717, 1.165) is 15.7 Å². The Hall–Kier alpha value is -2.05. The number of para-hydroxylation sites is 1. The molecule has 0 saturated carbocycles. The number of hydrogen-bond donors (Lipinski definition) is 3. The maximum Gasteiger partial charge on any atom is 0.344 e. The lowest BCUT2D eigenvalue weighted by Crippen LogP contribution is -2.23. The van der Waals surface area contributed by atoms with Crippen molar-refractivity contribution in [2.75, 3.05) is 5.43 Å². The molecule has 116 valence electrons. The van der Waals surface area contributed by atoms with Gasteiger partial charge in [0.2, 0.25) is 0 Å². The molecule has 5 nitrogen and oxygen atoms in total. The summed E-state index contributed by atoms with van der Waals surface area (Å²) in [5, 5.41) is 8.85. The molecule has 3 N–H and O–H groups in total. The number of carboxylic acids is 1. The van der Waals surface area contributed by atoms with Gasteiger partial charge in [0.05, 0.1) is 4.47 Å². The molecule has 0 aromatic heterocycles. The van der Waals surface area contributed by atoms with Crippen molar-refractivity contribution in [3.05, 3.63) is 58.6 Å². The molecular formula is C16H17BrN2O3. The largest absolute Gasteiger partial charge is 0.479 e. The van der Waals surface area contributed by atoms with Crippen LogP contribution >= 0.6 is 15.9 Å². The minimum Gasteiger partial charge on any atom is -0.479 e. The zero-order valence-electron chi connectivity index (χ0n) is 12.0. The van der Waals surface area contributed by atoms with Gasteiger partial charge in [-0.1, -0.05) is 24.3 Å². The van der Waals surface area contributed by atoms with E-state index in [4.69, 9.17) is 9.84 Å². The van der Waals surface area contributed by atoms with Gasteiger partial charge in [0, 0.05) is 12.2 Å². The average Bonchev–Trinajstić information content (AvgIpc) is 2.51. The van der Waals surface area contributed by atoms with Crippen molar-refractivity contribution in [2.24, 2.45) is 0 Å². The van der Waals surface area contributed by atoms with E-state index < -0.39 is 12.1 Å². The Morgan fingerprint density at radius 3 is 2.64 bits per heavy atom. The lowest BCUT2D eigenvalue weighted by molar-refractivity contribution is -0.144. The summed E-state index contributed by atoms with van der Waals surface area (Å²) >= 11 is 3.40. The lowest BCUT2D eigenvalue weighted by atomic mass is 10.2. The number of carboxylic acid groups (broad SMARTS) is 1. The molecule has 0 aliphatic heterocycles. The smallest absolute Gasteiger partial charge is 0.344 e. The number of rotatable bonds is 7. The first-order valence-corrected chi connectivity index (χ1v) is 7.57. The molecule has 0 radical (unpaired) electrons. The molecule has 22 heavy (non-hydrogen) atoms. The van der Waals surface area contributed by atoms with Crippen LogP contribution in [-0.4, -0.2) is 17.2 Å². The van der Waals surface area contributed by atoms with E-state index in [-0.39, 0.29) is 0 Å². The van der Waals surface area contributed by atoms with Crippen LogP contribution in [0.5, 0.6) is 5.75 Å². The monoisotopic (exact) mass is 364 g/mol. The molecule has 0 amide bonds. The molecule has 2 aromatic carbocycles. The van der Waals surface area contributed by atoms with Crippen LogP contribution in [0, 0.1) is 0 Å². The average molecular weight is 365 g/mol. The highest BCUT2D eigenvalue weighted by Crippen LogP contribution is 2.27. The summed E-state index contributed by atoms with van der Waals surface area (Å²) in [6.45, 7) is 2.11. The van der Waals surface area contributed by atoms with E-state index in [9.17, 15) is 4.79 Å². The van der Waals surface area contributed by atoms with E-state index in [1.165, 1.54) is 6.92 Å². The highest BCUT2D eigenvalue weighted by molar-refractivity contribution is 9.10. The van der Waals surface area contributed by atoms with Crippen molar-refractivity contribution in [1.82, 2.24) is 5.43 Å². The Bertz CT molecular complexity index is 635. The number of benzene rings is 2. The van der Waals surface area contributed by atoms with Crippen molar-refractivity contribution in [3.8, 4) is 5.75 Å². The van der Waals surface area contributed by atoms with Crippen LogP contribution < -0.4 is 15.6 Å². The first-order chi connectivity index (χ1) is 10.6. The third kappa shape index (κ3) is 4.75. The lowest BCUT2D eigenvalue weighted by Gasteiger charge is -2.13. The van der Waals surface area contributed by atoms with Crippen molar-refractivity contribution >= 4 is 27.6 Å². The molecule has 2 rings (SSSR count). The molecule has 2 aromatic rings. The van der Waals surface area contributed by atoms with Crippen LogP contribution in [-0.2, 0) is 11.3 Å². The fraction of sp³-hybridized carbons (Fsp3) is 0.188. The summed E-state index contributed by atoms with van der Waals surface area (Å²) < 4.78 is 6.07. The number of ether oxygens (including phenoxy) is 1. The molecule has 0 aliphatic carbocycles. The molecule has 6 heteroatoms. The number of aliphatic carboxylic acids is 1. The molecule has 0 heterocycles. The summed E-state index contributed by atoms with van der Waals surface area (Å²) in [4.78, 5) is 10.8. The van der Waals surface area contributed by atoms with Crippen molar-refractivity contribution in [3.63, 3.8) is 0 Å². The van der Waals surface area contributed by atoms with E-state index in [2.05, 4.69) is 26.8 Å². The van der Waals surface area contributed by atoms with Crippen LogP contribution in [0.4, 0.5) is 5.69 Å². The first-order valence-electron chi connectivity index (χ1n) is 6.78. The minimum atomic E-state index is -0.996. The molecule has 0 spiro atoms. The summed E-state index contributed by atoms with van der Waals surface area (Å²) in [6.07, 6.45) is -0.889. The Kier molecular flexibility index (Phi) is 5.80. The summed E-state index contributed by atoms with van der Waals surface area (Å²) in [7, 11) is 0. The normalized spacial score (nSPS) is 11.7. The number of halogens is 1. The van der Waals surface area contributed by atoms with Gasteiger partial charge in [0.25, 0.3) is 0 Å². The van der Waals surface area contributed by atoms with Crippen LogP contribution in [0.1, 0.15) is 12.5 Å². The van der Waals surface area contributed by atoms with Crippen LogP contribution in [0.3, 0.4) is 0 Å². The van der Waals surface area contributed by atoms with E-state index in [0.29, 0.717) is 12.3 Å². The molecular weight excluding hydrogens is 348 g/mol. The standard InChI is InChI=1S/C16H17BrN2O3/c1-11(16(20)21)22-15-8-7-12(9-14(15)17)10-18-19-13-5-3-2-4-6-13/h2-9,11,18-19H,10H2,1H3,(H,20,21). The van der Waals surface area contributed by atoms with Gasteiger partial charge in [-0.3, -0.25) is 0 Å². The highest BCUT2D eigenvalue weighted by Gasteiger charge is 2.14. The number of anilines is 1. The molecule has 1 atom stereocenters. The zero-order chi connectivity index (χ0) is 15.9. The van der Waals surface area contributed by atoms with Gasteiger partial charge in [0.1, 0.15) is 5.75 Å². The van der Waals surface area contributed by atoms with E-state index in [1.54, 1.807) is 6.07 Å². The maximum absolute atomic E-state index is 10.8. The van der Waals surface area contributed by atoms with Gasteiger partial charge < -0.3 is 15.3 Å². The Morgan fingerprint density at radius 2 is 2.00 bits per heavy atom. The predicted molar refractivity (Wildman–Crippen MR) is 88.8 cm³/mol. The van der Waals surface area contributed by atoms with Gasteiger partial charge >= 0.3 is 5.97 Å². The van der Waals surface area contributed by atoms with Crippen LogP contribution in [0.15, 0.2) is 53.0 Å². The fourth-order valence-corrected chi connectivity index (χ4v) is 2.28. The third-order valence-electron chi connectivity index (χ3n) is 2.95. The molecule has 0 saturated heterocycles. The van der Waals surface area contributed by atoms with E-state index >= 15 is 0 Å². The van der Waals surface area contributed by atoms with E-state index in [1.807, 2.05) is 42.5 Å². The predicted octanol–water partition coefficient (Wildman–Crippen LogP) is 3.42. The molecule has 0 fully saturated rings. The molecule has 1 unspecified atom stereocenters. The van der Waals surface area contributed by atoms with Gasteiger partial charge in [-0.2, -0.15) is 0 Å². The Morgan fingerprint density at radius 1 is 1.27 bits per heavy atom. The van der Waals surface area contributed by atoms with Gasteiger partial charge in [-0.25, -0.2) is 10.2 Å². The van der Waals surface area contributed by atoms with Crippen LogP contribution in [0.2, 0.25) is 0 Å². The second kappa shape index (κ2) is 7.82.